The maximum Gasteiger partial charge on any atom is 0.305 e. The zero-order valence-corrected chi connectivity index (χ0v) is 13.6. The van der Waals surface area contributed by atoms with Crippen LogP contribution >= 0.6 is 15.9 Å². The van der Waals surface area contributed by atoms with Crippen LogP contribution in [0.4, 0.5) is 0 Å². The third kappa shape index (κ3) is 3.87. The highest BCUT2D eigenvalue weighted by Crippen LogP contribution is 2.39. The summed E-state index contributed by atoms with van der Waals surface area (Å²) in [6.45, 7) is 1.65. The van der Waals surface area contributed by atoms with E-state index in [4.69, 9.17) is 20.3 Å². The van der Waals surface area contributed by atoms with Crippen molar-refractivity contribution in [3.8, 4) is 11.5 Å². The van der Waals surface area contributed by atoms with Gasteiger partial charge in [-0.25, -0.2) is 0 Å². The minimum Gasteiger partial charge on any atom is -0.493 e. The summed E-state index contributed by atoms with van der Waals surface area (Å²) in [5, 5.41) is 8.94. The highest BCUT2D eigenvalue weighted by Gasteiger charge is 2.28. The molecule has 21 heavy (non-hydrogen) atoms. The van der Waals surface area contributed by atoms with Crippen LogP contribution in [0, 0.1) is 0 Å². The van der Waals surface area contributed by atoms with Crippen molar-refractivity contribution in [1.29, 1.82) is 0 Å². The van der Waals surface area contributed by atoms with Gasteiger partial charge in [0.25, 0.3) is 0 Å². The molecule has 1 heterocycles. The van der Waals surface area contributed by atoms with Gasteiger partial charge in [-0.3, -0.25) is 9.69 Å². The third-order valence-electron chi connectivity index (χ3n) is 3.38. The Morgan fingerprint density at radius 3 is 2.76 bits per heavy atom. The van der Waals surface area contributed by atoms with Gasteiger partial charge in [-0.1, -0.05) is 15.9 Å². The lowest BCUT2D eigenvalue weighted by atomic mass is 10.0. The van der Waals surface area contributed by atoms with Crippen LogP contribution in [-0.2, 0) is 4.79 Å². The average Bonchev–Trinajstić information content (AvgIpc) is 2.37. The first-order chi connectivity index (χ1) is 9.90. The molecule has 0 spiro atoms. The Balaban J connectivity index is 2.31. The van der Waals surface area contributed by atoms with Crippen LogP contribution in [-0.4, -0.2) is 49.3 Å². The fraction of sp³-hybridized carbons (Fsp3) is 0.500. The molecule has 0 radical (unpaired) electrons. The number of aliphatic carboxylic acids is 1. The van der Waals surface area contributed by atoms with E-state index in [0.717, 1.165) is 17.6 Å². The van der Waals surface area contributed by atoms with Gasteiger partial charge in [0.1, 0.15) is 6.10 Å². The Hall–Kier alpha value is -1.31. The predicted octanol–water partition coefficient (Wildman–Crippen LogP) is 1.62. The second-order valence-corrected chi connectivity index (χ2v) is 6.11. The number of hydrogen-bond acceptors (Lipinski definition) is 5. The van der Waals surface area contributed by atoms with Gasteiger partial charge in [-0.05, 0) is 19.2 Å². The summed E-state index contributed by atoms with van der Waals surface area (Å²) in [5.41, 5.74) is 6.64. The van der Waals surface area contributed by atoms with Crippen molar-refractivity contribution < 1.29 is 19.4 Å². The van der Waals surface area contributed by atoms with E-state index in [1.807, 2.05) is 7.05 Å². The molecule has 1 saturated heterocycles. The SMILES string of the molecule is COc1cc(Br)cc(C(N)CC(=O)O)c1OC1CN(C)C1. The quantitative estimate of drug-likeness (QED) is 0.803. The molecule has 7 heteroatoms. The van der Waals surface area contributed by atoms with Crippen LogP contribution in [0.2, 0.25) is 0 Å². The van der Waals surface area contributed by atoms with Crippen molar-refractivity contribution in [1.82, 2.24) is 4.90 Å². The molecule has 2 rings (SSSR count). The van der Waals surface area contributed by atoms with Crippen LogP contribution in [0.1, 0.15) is 18.0 Å². The normalized spacial score (nSPS) is 17.1. The fourth-order valence-electron chi connectivity index (χ4n) is 2.32. The van der Waals surface area contributed by atoms with Crippen LogP contribution < -0.4 is 15.2 Å². The van der Waals surface area contributed by atoms with Crippen molar-refractivity contribution in [2.24, 2.45) is 5.73 Å². The van der Waals surface area contributed by atoms with E-state index in [1.54, 1.807) is 19.2 Å². The fourth-order valence-corrected chi connectivity index (χ4v) is 2.78. The molecule has 1 unspecified atom stereocenters. The molecular formula is C14H19BrN2O4. The summed E-state index contributed by atoms with van der Waals surface area (Å²) in [6.07, 6.45) is -0.0959. The molecule has 6 nitrogen and oxygen atoms in total. The van der Waals surface area contributed by atoms with Gasteiger partial charge in [0.2, 0.25) is 0 Å². The molecule has 0 bridgehead atoms. The van der Waals surface area contributed by atoms with Crippen LogP contribution in [0.5, 0.6) is 11.5 Å². The molecule has 1 aromatic rings. The molecule has 0 aliphatic carbocycles. The topological polar surface area (TPSA) is 85.0 Å². The van der Waals surface area contributed by atoms with Gasteiger partial charge in [0.05, 0.1) is 13.5 Å². The minimum atomic E-state index is -0.948. The number of halogens is 1. The highest BCUT2D eigenvalue weighted by atomic mass is 79.9. The largest absolute Gasteiger partial charge is 0.493 e. The number of hydrogen-bond donors (Lipinski definition) is 2. The maximum absolute atomic E-state index is 10.9. The number of nitrogens with zero attached hydrogens (tertiary/aromatic N) is 1. The number of ether oxygens (including phenoxy) is 2. The number of likely N-dealkylation sites (N-methyl/N-ethyl adjacent to an activating group) is 1. The van der Waals surface area contributed by atoms with Crippen molar-refractivity contribution >= 4 is 21.9 Å². The maximum atomic E-state index is 10.9. The molecular weight excluding hydrogens is 340 g/mol. The number of methoxy groups -OCH3 is 1. The number of rotatable bonds is 6. The third-order valence-corrected chi connectivity index (χ3v) is 3.84. The molecule has 1 aliphatic heterocycles. The first-order valence-electron chi connectivity index (χ1n) is 6.60. The number of benzene rings is 1. The number of carboxylic acids is 1. The lowest BCUT2D eigenvalue weighted by Gasteiger charge is -2.37. The van der Waals surface area contributed by atoms with Gasteiger partial charge >= 0.3 is 5.97 Å². The second kappa shape index (κ2) is 6.64. The van der Waals surface area contributed by atoms with E-state index < -0.39 is 12.0 Å². The molecule has 0 saturated carbocycles. The van der Waals surface area contributed by atoms with E-state index in [2.05, 4.69) is 20.8 Å². The number of carbonyl (C=O) groups is 1. The van der Waals surface area contributed by atoms with Gasteiger partial charge < -0.3 is 20.3 Å². The number of likely N-dealkylation sites (tertiary alicyclic amines) is 1. The van der Waals surface area contributed by atoms with E-state index in [9.17, 15) is 4.79 Å². The average molecular weight is 359 g/mol. The molecule has 1 fully saturated rings. The molecule has 1 aliphatic rings. The van der Waals surface area contributed by atoms with Crippen LogP contribution in [0.3, 0.4) is 0 Å². The zero-order valence-electron chi connectivity index (χ0n) is 12.0. The Labute approximate surface area is 131 Å². The van der Waals surface area contributed by atoms with Gasteiger partial charge in [-0.2, -0.15) is 0 Å². The first kappa shape index (κ1) is 16.1. The van der Waals surface area contributed by atoms with E-state index >= 15 is 0 Å². The standard InChI is InChI=1S/C14H19BrN2O4/c1-17-6-9(7-17)21-14-10(11(16)5-13(18)19)3-8(15)4-12(14)20-2/h3-4,9,11H,5-7,16H2,1-2H3,(H,18,19). The monoisotopic (exact) mass is 358 g/mol. The van der Waals surface area contributed by atoms with Crippen molar-refractivity contribution in [2.75, 3.05) is 27.2 Å². The van der Waals surface area contributed by atoms with E-state index in [0.29, 0.717) is 17.1 Å². The molecule has 1 aromatic carbocycles. The van der Waals surface area contributed by atoms with Gasteiger partial charge in [-0.15, -0.1) is 0 Å². The Bertz CT molecular complexity index is 532. The first-order valence-corrected chi connectivity index (χ1v) is 7.40. The van der Waals surface area contributed by atoms with E-state index in [-0.39, 0.29) is 12.5 Å². The summed E-state index contributed by atoms with van der Waals surface area (Å²) in [7, 11) is 3.56. The lowest BCUT2D eigenvalue weighted by Crippen LogP contribution is -2.51. The summed E-state index contributed by atoms with van der Waals surface area (Å²) >= 11 is 3.38. The number of nitrogens with two attached hydrogens (primary N) is 1. The highest BCUT2D eigenvalue weighted by molar-refractivity contribution is 9.10. The summed E-state index contributed by atoms with van der Waals surface area (Å²) < 4.78 is 12.1. The minimum absolute atomic E-state index is 0.0702. The molecule has 1 atom stereocenters. The Kier molecular flexibility index (Phi) is 5.08. The molecule has 116 valence electrons. The molecule has 3 N–H and O–H groups in total. The second-order valence-electron chi connectivity index (χ2n) is 5.19. The van der Waals surface area contributed by atoms with Crippen molar-refractivity contribution in [3.05, 3.63) is 22.2 Å². The van der Waals surface area contributed by atoms with E-state index in [1.165, 1.54) is 0 Å². The van der Waals surface area contributed by atoms with Crippen LogP contribution in [0.25, 0.3) is 0 Å². The lowest BCUT2D eigenvalue weighted by molar-refractivity contribution is -0.137. The Morgan fingerprint density at radius 2 is 2.24 bits per heavy atom. The summed E-state index contributed by atoms with van der Waals surface area (Å²) in [6, 6.07) is 2.92. The number of carboxylic acid groups (broad SMARTS) is 1. The smallest absolute Gasteiger partial charge is 0.305 e. The van der Waals surface area contributed by atoms with Crippen molar-refractivity contribution in [3.63, 3.8) is 0 Å². The van der Waals surface area contributed by atoms with Crippen LogP contribution in [0.15, 0.2) is 16.6 Å². The van der Waals surface area contributed by atoms with Crippen molar-refractivity contribution in [2.45, 2.75) is 18.6 Å². The Morgan fingerprint density at radius 1 is 1.57 bits per heavy atom. The molecule has 0 amide bonds. The molecule has 0 aromatic heterocycles. The summed E-state index contributed by atoms with van der Waals surface area (Å²) in [4.78, 5) is 13.0. The van der Waals surface area contributed by atoms with Gasteiger partial charge in [0.15, 0.2) is 11.5 Å². The van der Waals surface area contributed by atoms with Gasteiger partial charge in [0, 0.05) is 29.2 Å². The summed E-state index contributed by atoms with van der Waals surface area (Å²) in [5.74, 6) is 0.137. The zero-order chi connectivity index (χ0) is 15.6. The predicted molar refractivity (Wildman–Crippen MR) is 81.8 cm³/mol.